The molecule has 0 bridgehead atoms. The number of phenolic OH excluding ortho intramolecular Hbond substituents is 1. The number of pyridine rings is 1. The molecule has 3 aromatic rings. The minimum absolute atomic E-state index is 0.0153. The summed E-state index contributed by atoms with van der Waals surface area (Å²) < 4.78 is 1.35. The molecular weight excluding hydrogens is 288 g/mol. The second-order valence-corrected chi connectivity index (χ2v) is 4.58. The highest BCUT2D eigenvalue weighted by Gasteiger charge is 2.20. The molecule has 110 valence electrons. The van der Waals surface area contributed by atoms with Crippen molar-refractivity contribution >= 4 is 17.5 Å². The average Bonchev–Trinajstić information content (AvgIpc) is 2.86. The van der Waals surface area contributed by atoms with Gasteiger partial charge in [0.2, 0.25) is 0 Å². The maximum Gasteiger partial charge on any atom is 0.356 e. The van der Waals surface area contributed by atoms with E-state index in [1.54, 1.807) is 18.2 Å². The van der Waals surface area contributed by atoms with Gasteiger partial charge < -0.3 is 15.3 Å². The fourth-order valence-corrected chi connectivity index (χ4v) is 2.22. The Hall–Kier alpha value is -3.35. The molecule has 3 rings (SSSR count). The molecule has 0 saturated heterocycles. The topological polar surface area (TPSA) is 112 Å². The molecule has 0 aliphatic heterocycles. The summed E-state index contributed by atoms with van der Waals surface area (Å²) >= 11 is 0. The Morgan fingerprint density at radius 1 is 1.00 bits per heavy atom. The first-order chi connectivity index (χ1) is 10.5. The third kappa shape index (κ3) is 2.05. The molecule has 7 nitrogen and oxygen atoms in total. The number of aromatic hydroxyl groups is 1. The number of carbonyl (C=O) groups is 2. The molecule has 2 aromatic heterocycles. The number of hydrogen-bond donors (Lipinski definition) is 3. The first-order valence-electron chi connectivity index (χ1n) is 6.26. The van der Waals surface area contributed by atoms with Crippen LogP contribution in [0.15, 0.2) is 42.6 Å². The number of benzene rings is 1. The van der Waals surface area contributed by atoms with Crippen molar-refractivity contribution in [1.82, 2.24) is 9.38 Å². The fourth-order valence-electron chi connectivity index (χ4n) is 2.22. The number of carboxylic acids is 2. The second-order valence-electron chi connectivity index (χ2n) is 4.58. The van der Waals surface area contributed by atoms with Gasteiger partial charge in [0.25, 0.3) is 0 Å². The summed E-state index contributed by atoms with van der Waals surface area (Å²) in [6.45, 7) is 0. The van der Waals surface area contributed by atoms with Gasteiger partial charge in [-0.05, 0) is 24.3 Å². The zero-order valence-corrected chi connectivity index (χ0v) is 11.1. The SMILES string of the molecule is O=C(O)c1ccc2c(C(=O)O)nc(-c3ccccc3O)n2c1. The van der Waals surface area contributed by atoms with Crippen LogP contribution in [0.2, 0.25) is 0 Å². The van der Waals surface area contributed by atoms with Crippen molar-refractivity contribution in [3.05, 3.63) is 53.9 Å². The van der Waals surface area contributed by atoms with E-state index in [9.17, 15) is 19.8 Å². The quantitative estimate of drug-likeness (QED) is 0.682. The zero-order chi connectivity index (χ0) is 15.9. The number of phenols is 1. The lowest BCUT2D eigenvalue weighted by atomic mass is 10.2. The van der Waals surface area contributed by atoms with Gasteiger partial charge in [0.05, 0.1) is 16.6 Å². The van der Waals surface area contributed by atoms with E-state index in [1.165, 1.54) is 28.8 Å². The van der Waals surface area contributed by atoms with Crippen LogP contribution in [0.3, 0.4) is 0 Å². The summed E-state index contributed by atoms with van der Waals surface area (Å²) in [7, 11) is 0. The maximum atomic E-state index is 11.3. The number of carboxylic acid groups (broad SMARTS) is 2. The number of hydrogen-bond acceptors (Lipinski definition) is 4. The van der Waals surface area contributed by atoms with Crippen molar-refractivity contribution in [3.8, 4) is 17.1 Å². The normalized spacial score (nSPS) is 10.7. The van der Waals surface area contributed by atoms with E-state index in [-0.39, 0.29) is 28.3 Å². The van der Waals surface area contributed by atoms with Gasteiger partial charge in [0.15, 0.2) is 5.69 Å². The van der Waals surface area contributed by atoms with Crippen molar-refractivity contribution in [2.75, 3.05) is 0 Å². The number of aromatic carboxylic acids is 2. The van der Waals surface area contributed by atoms with Gasteiger partial charge in [-0.2, -0.15) is 0 Å². The van der Waals surface area contributed by atoms with E-state index >= 15 is 0 Å². The Balaban J connectivity index is 2.38. The van der Waals surface area contributed by atoms with Gasteiger partial charge in [-0.15, -0.1) is 0 Å². The van der Waals surface area contributed by atoms with Gasteiger partial charge in [-0.3, -0.25) is 4.40 Å². The van der Waals surface area contributed by atoms with Crippen LogP contribution < -0.4 is 0 Å². The van der Waals surface area contributed by atoms with Crippen LogP contribution in [0.5, 0.6) is 5.75 Å². The third-order valence-corrected chi connectivity index (χ3v) is 3.23. The molecule has 22 heavy (non-hydrogen) atoms. The summed E-state index contributed by atoms with van der Waals surface area (Å²) in [5.74, 6) is -2.29. The van der Waals surface area contributed by atoms with Crippen LogP contribution in [0.1, 0.15) is 20.8 Å². The van der Waals surface area contributed by atoms with Crippen LogP contribution in [-0.4, -0.2) is 36.6 Å². The van der Waals surface area contributed by atoms with Crippen molar-refractivity contribution in [2.24, 2.45) is 0 Å². The highest BCUT2D eigenvalue weighted by molar-refractivity contribution is 5.96. The van der Waals surface area contributed by atoms with E-state index in [2.05, 4.69) is 4.98 Å². The van der Waals surface area contributed by atoms with Crippen LogP contribution in [0.25, 0.3) is 16.9 Å². The molecule has 0 unspecified atom stereocenters. The van der Waals surface area contributed by atoms with E-state index < -0.39 is 11.9 Å². The van der Waals surface area contributed by atoms with E-state index in [1.807, 2.05) is 0 Å². The van der Waals surface area contributed by atoms with Crippen molar-refractivity contribution < 1.29 is 24.9 Å². The van der Waals surface area contributed by atoms with Gasteiger partial charge in [0, 0.05) is 6.20 Å². The zero-order valence-electron chi connectivity index (χ0n) is 11.1. The van der Waals surface area contributed by atoms with Crippen LogP contribution >= 0.6 is 0 Å². The van der Waals surface area contributed by atoms with Gasteiger partial charge in [-0.25, -0.2) is 14.6 Å². The first-order valence-corrected chi connectivity index (χ1v) is 6.26. The third-order valence-electron chi connectivity index (χ3n) is 3.23. The Labute approximate surface area is 123 Å². The highest BCUT2D eigenvalue weighted by atomic mass is 16.4. The molecule has 3 N–H and O–H groups in total. The summed E-state index contributed by atoms with van der Waals surface area (Å²) in [5.41, 5.74) is 0.331. The molecule has 0 amide bonds. The van der Waals surface area contributed by atoms with E-state index in [0.29, 0.717) is 5.56 Å². The second kappa shape index (κ2) is 4.88. The van der Waals surface area contributed by atoms with E-state index in [4.69, 9.17) is 5.11 Å². The Bertz CT molecular complexity index is 913. The number of rotatable bonds is 3. The molecule has 2 heterocycles. The lowest BCUT2D eigenvalue weighted by Crippen LogP contribution is -2.00. The van der Waals surface area contributed by atoms with Crippen molar-refractivity contribution in [1.29, 1.82) is 0 Å². The number of fused-ring (bicyclic) bond motifs is 1. The Morgan fingerprint density at radius 2 is 1.73 bits per heavy atom. The summed E-state index contributed by atoms with van der Waals surface area (Å²) in [4.78, 5) is 26.4. The van der Waals surface area contributed by atoms with Gasteiger partial charge in [-0.1, -0.05) is 12.1 Å². The predicted octanol–water partition coefficient (Wildman–Crippen LogP) is 2.10. The Morgan fingerprint density at radius 3 is 2.36 bits per heavy atom. The van der Waals surface area contributed by atoms with Crippen molar-refractivity contribution in [2.45, 2.75) is 0 Å². The largest absolute Gasteiger partial charge is 0.507 e. The number of nitrogens with zero attached hydrogens (tertiary/aromatic N) is 2. The summed E-state index contributed by atoms with van der Waals surface area (Å²) in [5, 5.41) is 28.2. The van der Waals surface area contributed by atoms with Gasteiger partial charge >= 0.3 is 11.9 Å². The van der Waals surface area contributed by atoms with Crippen LogP contribution in [0.4, 0.5) is 0 Å². The monoisotopic (exact) mass is 298 g/mol. The molecule has 7 heteroatoms. The molecule has 0 saturated carbocycles. The lowest BCUT2D eigenvalue weighted by molar-refractivity contribution is 0.0685. The molecule has 0 spiro atoms. The smallest absolute Gasteiger partial charge is 0.356 e. The first kappa shape index (κ1) is 13.6. The minimum Gasteiger partial charge on any atom is -0.507 e. The van der Waals surface area contributed by atoms with Crippen molar-refractivity contribution in [3.63, 3.8) is 0 Å². The minimum atomic E-state index is -1.23. The molecule has 1 aromatic carbocycles. The van der Waals surface area contributed by atoms with Crippen LogP contribution in [0, 0.1) is 0 Å². The molecule has 0 atom stereocenters. The Kier molecular flexibility index (Phi) is 3.03. The molecule has 0 aliphatic rings. The molecule has 0 radical (unpaired) electrons. The molecular formula is C15H10N2O5. The molecule has 0 fully saturated rings. The number of imidazole rings is 1. The summed E-state index contributed by atoms with van der Waals surface area (Å²) in [6, 6.07) is 8.98. The molecule has 0 aliphatic carbocycles. The highest BCUT2D eigenvalue weighted by Crippen LogP contribution is 2.30. The summed E-state index contributed by atoms with van der Waals surface area (Å²) in [6.07, 6.45) is 1.28. The van der Waals surface area contributed by atoms with E-state index in [0.717, 1.165) is 0 Å². The predicted molar refractivity (Wildman–Crippen MR) is 76.2 cm³/mol. The average molecular weight is 298 g/mol. The maximum absolute atomic E-state index is 11.3. The lowest BCUT2D eigenvalue weighted by Gasteiger charge is -2.04. The van der Waals surface area contributed by atoms with Crippen LogP contribution in [-0.2, 0) is 0 Å². The number of para-hydroxylation sites is 1. The number of aromatic nitrogens is 2. The van der Waals surface area contributed by atoms with Gasteiger partial charge in [0.1, 0.15) is 11.6 Å². The fraction of sp³-hybridized carbons (Fsp3) is 0. The standard InChI is InChI=1S/C15H10N2O5/c18-11-4-2-1-3-9(11)13-16-12(15(21)22)10-6-5-8(14(19)20)7-17(10)13/h1-7,18H,(H,19,20)(H,21,22).